The number of hydrogen-bond acceptors (Lipinski definition) is 5. The fourth-order valence-electron chi connectivity index (χ4n) is 0.521. The normalized spacial score (nSPS) is 7.87. The summed E-state index contributed by atoms with van der Waals surface area (Å²) in [5.74, 6) is 0. The van der Waals surface area contributed by atoms with Gasteiger partial charge in [-0.2, -0.15) is 0 Å². The molecule has 0 unspecified atom stereocenters. The van der Waals surface area contributed by atoms with Gasteiger partial charge in [-0.25, -0.2) is 0 Å². The predicted octanol–water partition coefficient (Wildman–Crippen LogP) is 1.13. The van der Waals surface area contributed by atoms with Crippen LogP contribution in [0.2, 0.25) is 0 Å². The van der Waals surface area contributed by atoms with Gasteiger partial charge in [0.25, 0.3) is 0 Å². The minimum absolute atomic E-state index is 0.597. The molecule has 5 heteroatoms. The van der Waals surface area contributed by atoms with Crippen LogP contribution in [0.4, 0.5) is 0 Å². The van der Waals surface area contributed by atoms with E-state index >= 15 is 0 Å². The molecule has 82 valence electrons. The minimum atomic E-state index is 0.597. The van der Waals surface area contributed by atoms with Crippen molar-refractivity contribution in [3.05, 3.63) is 47.4 Å². The number of aromatic nitrogens is 2. The molecule has 0 aliphatic rings. The zero-order chi connectivity index (χ0) is 11.2. The van der Waals surface area contributed by atoms with E-state index in [-0.39, 0.29) is 0 Å². The summed E-state index contributed by atoms with van der Waals surface area (Å²) >= 11 is 1.49. The third kappa shape index (κ3) is 12.7. The van der Waals surface area contributed by atoms with Gasteiger partial charge in [0.15, 0.2) is 0 Å². The number of rotatable bonds is 1. The van der Waals surface area contributed by atoms with Crippen molar-refractivity contribution in [3.63, 3.8) is 0 Å². The van der Waals surface area contributed by atoms with Crippen LogP contribution >= 0.6 is 11.3 Å². The second-order valence-corrected chi connectivity index (χ2v) is 3.00. The second-order valence-electron chi connectivity index (χ2n) is 2.31. The monoisotopic (exact) mass is 224 g/mol. The van der Waals surface area contributed by atoms with E-state index in [0.29, 0.717) is 13.1 Å². The molecule has 0 amide bonds. The maximum absolute atomic E-state index is 4.90. The summed E-state index contributed by atoms with van der Waals surface area (Å²) in [6.45, 7) is 1.19. The van der Waals surface area contributed by atoms with Crippen LogP contribution < -0.4 is 11.5 Å². The van der Waals surface area contributed by atoms with E-state index < -0.39 is 0 Å². The highest BCUT2D eigenvalue weighted by Gasteiger charge is 1.60. The molecular formula is C10H16N4S. The molecule has 0 saturated heterocycles. The Balaban J connectivity index is 0.000000202. The molecule has 0 bridgehead atoms. The fourth-order valence-corrected chi connectivity index (χ4v) is 0.793. The summed E-state index contributed by atoms with van der Waals surface area (Å²) in [4.78, 5) is 0. The van der Waals surface area contributed by atoms with E-state index in [1.807, 2.05) is 36.4 Å². The summed E-state index contributed by atoms with van der Waals surface area (Å²) in [6.07, 6.45) is 0. The predicted molar refractivity (Wildman–Crippen MR) is 64.5 cm³/mol. The Kier molecular flexibility index (Phi) is 11.6. The number of benzene rings is 1. The van der Waals surface area contributed by atoms with Crippen LogP contribution in [-0.4, -0.2) is 23.3 Å². The first kappa shape index (κ1) is 13.7. The van der Waals surface area contributed by atoms with E-state index in [1.165, 1.54) is 11.3 Å². The molecule has 0 aliphatic carbocycles. The molecular weight excluding hydrogens is 208 g/mol. The Bertz CT molecular complexity index is 227. The Morgan fingerprint density at radius 3 is 1.20 bits per heavy atom. The molecule has 1 heterocycles. The van der Waals surface area contributed by atoms with Crippen molar-refractivity contribution in [1.82, 2.24) is 10.2 Å². The van der Waals surface area contributed by atoms with Crippen LogP contribution in [0.3, 0.4) is 0 Å². The molecule has 0 fully saturated rings. The Morgan fingerprint density at radius 1 is 0.733 bits per heavy atom. The molecule has 15 heavy (non-hydrogen) atoms. The number of hydrogen-bond donors (Lipinski definition) is 2. The van der Waals surface area contributed by atoms with Crippen LogP contribution in [0, 0.1) is 0 Å². The lowest BCUT2D eigenvalue weighted by Gasteiger charge is -1.72. The van der Waals surface area contributed by atoms with Crippen molar-refractivity contribution < 1.29 is 0 Å². The van der Waals surface area contributed by atoms with Crippen LogP contribution in [-0.2, 0) is 0 Å². The van der Waals surface area contributed by atoms with E-state index in [1.54, 1.807) is 11.0 Å². The molecule has 0 radical (unpaired) electrons. The van der Waals surface area contributed by atoms with Crippen LogP contribution in [0.1, 0.15) is 0 Å². The average Bonchev–Trinajstić information content (AvgIpc) is 2.90. The molecule has 0 aliphatic heterocycles. The first-order chi connectivity index (χ1) is 7.41. The summed E-state index contributed by atoms with van der Waals surface area (Å²) < 4.78 is 0. The molecule has 1 aromatic carbocycles. The topological polar surface area (TPSA) is 77.8 Å². The zero-order valence-electron chi connectivity index (χ0n) is 8.49. The number of nitrogens with zero attached hydrogens (tertiary/aromatic N) is 2. The smallest absolute Gasteiger partial charge is 0.103 e. The molecule has 2 rings (SSSR count). The van der Waals surface area contributed by atoms with Gasteiger partial charge in [-0.3, -0.25) is 0 Å². The lowest BCUT2D eigenvalue weighted by atomic mass is 10.4. The highest BCUT2D eigenvalue weighted by Crippen LogP contribution is 1.80. The maximum Gasteiger partial charge on any atom is 0.103 e. The first-order valence-electron chi connectivity index (χ1n) is 4.50. The van der Waals surface area contributed by atoms with Crippen molar-refractivity contribution >= 4 is 11.3 Å². The van der Waals surface area contributed by atoms with Gasteiger partial charge in [-0.1, -0.05) is 36.4 Å². The van der Waals surface area contributed by atoms with Gasteiger partial charge < -0.3 is 11.5 Å². The van der Waals surface area contributed by atoms with Gasteiger partial charge in [0.2, 0.25) is 0 Å². The van der Waals surface area contributed by atoms with Gasteiger partial charge in [0, 0.05) is 13.1 Å². The van der Waals surface area contributed by atoms with Crippen molar-refractivity contribution in [2.24, 2.45) is 11.5 Å². The van der Waals surface area contributed by atoms with Crippen molar-refractivity contribution in [3.8, 4) is 0 Å². The van der Waals surface area contributed by atoms with Gasteiger partial charge in [-0.05, 0) is 0 Å². The quantitative estimate of drug-likeness (QED) is 0.761. The van der Waals surface area contributed by atoms with Gasteiger partial charge in [0.05, 0.1) is 0 Å². The van der Waals surface area contributed by atoms with E-state index in [0.717, 1.165) is 0 Å². The lowest BCUT2D eigenvalue weighted by Crippen LogP contribution is -2.11. The van der Waals surface area contributed by atoms with Crippen LogP contribution in [0.25, 0.3) is 0 Å². The summed E-state index contributed by atoms with van der Waals surface area (Å²) in [7, 11) is 0. The number of nitrogens with two attached hydrogens (primary N) is 2. The van der Waals surface area contributed by atoms with E-state index in [2.05, 4.69) is 10.2 Å². The summed E-state index contributed by atoms with van der Waals surface area (Å²) in [6, 6.07) is 12.0. The van der Waals surface area contributed by atoms with Crippen LogP contribution in [0.5, 0.6) is 0 Å². The second kappa shape index (κ2) is 12.7. The maximum atomic E-state index is 4.90. The highest BCUT2D eigenvalue weighted by molar-refractivity contribution is 7.07. The SMILES string of the molecule is NCCN.c1ccccc1.c1nncs1. The average molecular weight is 224 g/mol. The standard InChI is InChI=1S/C6H6.C2H2N2S.C2H8N2/c1-2-4-6-5-3-1;1-3-4-2-5-1;3-1-2-4/h1-6H;1-2H;1-4H2. The van der Waals surface area contributed by atoms with Gasteiger partial charge in [0.1, 0.15) is 11.0 Å². The largest absolute Gasteiger partial charge is 0.329 e. The van der Waals surface area contributed by atoms with Gasteiger partial charge in [-0.15, -0.1) is 21.5 Å². The van der Waals surface area contributed by atoms with E-state index in [4.69, 9.17) is 11.5 Å². The first-order valence-corrected chi connectivity index (χ1v) is 5.45. The Morgan fingerprint density at radius 2 is 1.07 bits per heavy atom. The molecule has 4 nitrogen and oxygen atoms in total. The molecule has 0 atom stereocenters. The lowest BCUT2D eigenvalue weighted by molar-refractivity contribution is 0.976. The Hall–Kier alpha value is -1.30. The summed E-state index contributed by atoms with van der Waals surface area (Å²) in [5, 5.41) is 6.98. The van der Waals surface area contributed by atoms with Gasteiger partial charge >= 0.3 is 0 Å². The van der Waals surface area contributed by atoms with Crippen molar-refractivity contribution in [1.29, 1.82) is 0 Å². The van der Waals surface area contributed by atoms with Crippen molar-refractivity contribution in [2.45, 2.75) is 0 Å². The highest BCUT2D eigenvalue weighted by atomic mass is 32.1. The third-order valence-corrected chi connectivity index (χ3v) is 1.55. The Labute approximate surface area is 94.0 Å². The molecule has 2 aromatic rings. The molecule has 0 spiro atoms. The van der Waals surface area contributed by atoms with Crippen LogP contribution in [0.15, 0.2) is 47.4 Å². The molecule has 0 saturated carbocycles. The third-order valence-electron chi connectivity index (χ3n) is 1.12. The molecule has 1 aromatic heterocycles. The zero-order valence-corrected chi connectivity index (χ0v) is 9.31. The fraction of sp³-hybridized carbons (Fsp3) is 0.200. The molecule has 4 N–H and O–H groups in total. The summed E-state index contributed by atoms with van der Waals surface area (Å²) in [5.41, 5.74) is 13.2. The minimum Gasteiger partial charge on any atom is -0.329 e. The van der Waals surface area contributed by atoms with E-state index in [9.17, 15) is 0 Å². The van der Waals surface area contributed by atoms with Crippen molar-refractivity contribution in [2.75, 3.05) is 13.1 Å².